The molecule has 0 aliphatic heterocycles. The number of hydrogen-bond donors (Lipinski definition) is 1. The summed E-state index contributed by atoms with van der Waals surface area (Å²) < 4.78 is 10.7. The number of hydrazone groups is 1. The van der Waals surface area contributed by atoms with Crippen LogP contribution in [0.2, 0.25) is 0 Å². The number of carbonyl (C=O) groups excluding carboxylic acids is 2. The van der Waals surface area contributed by atoms with E-state index in [-0.39, 0.29) is 17.0 Å². The van der Waals surface area contributed by atoms with Gasteiger partial charge in [-0.2, -0.15) is 5.10 Å². The van der Waals surface area contributed by atoms with E-state index in [4.69, 9.17) is 9.47 Å². The molecule has 9 heteroatoms. The van der Waals surface area contributed by atoms with E-state index in [0.29, 0.717) is 16.9 Å². The molecule has 0 aliphatic carbocycles. The number of nitrogens with one attached hydrogen (secondary N) is 1. The molecule has 1 N–H and O–H groups in total. The topological polar surface area (TPSA) is 120 Å². The predicted molar refractivity (Wildman–Crippen MR) is 117 cm³/mol. The summed E-state index contributed by atoms with van der Waals surface area (Å²) in [5.41, 5.74) is 4.13. The second-order valence-electron chi connectivity index (χ2n) is 6.67. The number of amides is 1. The molecule has 3 aromatic carbocycles. The molecule has 3 aromatic rings. The van der Waals surface area contributed by atoms with Gasteiger partial charge < -0.3 is 9.47 Å². The Balaban J connectivity index is 1.71. The minimum absolute atomic E-state index is 0.0961. The van der Waals surface area contributed by atoms with Crippen molar-refractivity contribution in [3.8, 4) is 11.5 Å². The number of non-ortho nitro benzene ring substituents is 1. The molecule has 32 heavy (non-hydrogen) atoms. The summed E-state index contributed by atoms with van der Waals surface area (Å²) in [7, 11) is 1.45. The average molecular weight is 433 g/mol. The van der Waals surface area contributed by atoms with Crippen LogP contribution in [0.1, 0.15) is 31.8 Å². The highest BCUT2D eigenvalue weighted by molar-refractivity contribution is 5.95. The summed E-state index contributed by atoms with van der Waals surface area (Å²) in [6.07, 6.45) is 1.35. The number of nitro groups is 1. The molecule has 0 unspecified atom stereocenters. The third-order valence-electron chi connectivity index (χ3n) is 4.38. The normalized spacial score (nSPS) is 10.6. The second kappa shape index (κ2) is 9.98. The van der Waals surface area contributed by atoms with Crippen LogP contribution in [0.25, 0.3) is 0 Å². The number of rotatable bonds is 7. The van der Waals surface area contributed by atoms with E-state index in [1.54, 1.807) is 36.4 Å². The number of methoxy groups -OCH3 is 1. The van der Waals surface area contributed by atoms with Crippen LogP contribution in [0.15, 0.2) is 71.8 Å². The standard InChI is InChI=1S/C23H19N3O6/c1-15-6-9-17(10-7-15)23(28)32-21-12-16(8-11-20(21)31-2)14-24-25-22(27)18-4-3-5-19(13-18)26(29)30/h3-14H,1-2H3,(H,25,27). The van der Waals surface area contributed by atoms with E-state index in [1.807, 2.05) is 6.92 Å². The van der Waals surface area contributed by atoms with E-state index in [9.17, 15) is 19.7 Å². The van der Waals surface area contributed by atoms with Crippen LogP contribution in [-0.4, -0.2) is 30.1 Å². The fourth-order valence-corrected chi connectivity index (χ4v) is 2.69. The van der Waals surface area contributed by atoms with Crippen molar-refractivity contribution < 1.29 is 24.0 Å². The number of nitro benzene ring substituents is 1. The molecule has 9 nitrogen and oxygen atoms in total. The molecular formula is C23H19N3O6. The van der Waals surface area contributed by atoms with Crippen LogP contribution < -0.4 is 14.9 Å². The number of esters is 1. The van der Waals surface area contributed by atoms with Gasteiger partial charge in [0.15, 0.2) is 11.5 Å². The highest BCUT2D eigenvalue weighted by atomic mass is 16.6. The second-order valence-corrected chi connectivity index (χ2v) is 6.67. The number of benzene rings is 3. The summed E-state index contributed by atoms with van der Waals surface area (Å²) in [5, 5.41) is 14.7. The Kier molecular flexibility index (Phi) is 6.92. The maximum Gasteiger partial charge on any atom is 0.343 e. The van der Waals surface area contributed by atoms with Gasteiger partial charge in [0.25, 0.3) is 11.6 Å². The molecule has 1 amide bonds. The van der Waals surface area contributed by atoms with Crippen molar-refractivity contribution in [1.82, 2.24) is 5.43 Å². The van der Waals surface area contributed by atoms with Gasteiger partial charge in [0.2, 0.25) is 0 Å². The van der Waals surface area contributed by atoms with Gasteiger partial charge in [-0.3, -0.25) is 14.9 Å². The van der Waals surface area contributed by atoms with Gasteiger partial charge in [-0.05, 0) is 48.9 Å². The van der Waals surface area contributed by atoms with Crippen LogP contribution in [0.4, 0.5) is 5.69 Å². The minimum Gasteiger partial charge on any atom is -0.493 e. The summed E-state index contributed by atoms with van der Waals surface area (Å²) in [6.45, 7) is 1.92. The molecule has 0 heterocycles. The maximum absolute atomic E-state index is 12.4. The summed E-state index contributed by atoms with van der Waals surface area (Å²) >= 11 is 0. The first kappa shape index (κ1) is 22.2. The van der Waals surface area contributed by atoms with Crippen molar-refractivity contribution in [3.05, 3.63) is 99.1 Å². The number of carbonyl (C=O) groups is 2. The Morgan fingerprint density at radius 3 is 2.44 bits per heavy atom. The summed E-state index contributed by atoms with van der Waals surface area (Å²) in [6, 6.07) is 17.0. The van der Waals surface area contributed by atoms with Gasteiger partial charge >= 0.3 is 5.97 Å². The third-order valence-corrected chi connectivity index (χ3v) is 4.38. The Morgan fingerprint density at radius 2 is 1.75 bits per heavy atom. The van der Waals surface area contributed by atoms with Gasteiger partial charge in [0.1, 0.15) is 0 Å². The van der Waals surface area contributed by atoms with Crippen LogP contribution >= 0.6 is 0 Å². The molecule has 0 spiro atoms. The van der Waals surface area contributed by atoms with Crippen molar-refractivity contribution in [3.63, 3.8) is 0 Å². The third kappa shape index (κ3) is 5.54. The van der Waals surface area contributed by atoms with Gasteiger partial charge in [-0.15, -0.1) is 0 Å². The Bertz CT molecular complexity index is 1190. The number of nitrogens with zero attached hydrogens (tertiary/aromatic N) is 2. The van der Waals surface area contributed by atoms with Crippen LogP contribution in [0.5, 0.6) is 11.5 Å². The van der Waals surface area contributed by atoms with Gasteiger partial charge in [-0.25, -0.2) is 10.2 Å². The molecular weight excluding hydrogens is 414 g/mol. The van der Waals surface area contributed by atoms with E-state index in [1.165, 1.54) is 37.6 Å². The van der Waals surface area contributed by atoms with E-state index < -0.39 is 16.8 Å². The zero-order chi connectivity index (χ0) is 23.1. The van der Waals surface area contributed by atoms with Crippen molar-refractivity contribution in [1.29, 1.82) is 0 Å². The highest BCUT2D eigenvalue weighted by Crippen LogP contribution is 2.28. The van der Waals surface area contributed by atoms with Crippen LogP contribution in [-0.2, 0) is 0 Å². The van der Waals surface area contributed by atoms with Crippen molar-refractivity contribution in [2.75, 3.05) is 7.11 Å². The SMILES string of the molecule is COc1ccc(C=NNC(=O)c2cccc([N+](=O)[O-])c2)cc1OC(=O)c1ccc(C)cc1. The number of ether oxygens (including phenoxy) is 2. The number of aryl methyl sites for hydroxylation is 1. The molecule has 0 atom stereocenters. The first-order valence-electron chi connectivity index (χ1n) is 9.42. The Labute approximate surface area is 183 Å². The first-order chi connectivity index (χ1) is 15.4. The van der Waals surface area contributed by atoms with Crippen molar-refractivity contribution >= 4 is 23.8 Å². The fraction of sp³-hybridized carbons (Fsp3) is 0.0870. The molecule has 0 aliphatic rings. The Hall–Kier alpha value is -4.53. The largest absolute Gasteiger partial charge is 0.493 e. The number of hydrogen-bond acceptors (Lipinski definition) is 7. The molecule has 3 rings (SSSR count). The quantitative estimate of drug-likeness (QED) is 0.198. The molecule has 0 radical (unpaired) electrons. The van der Waals surface area contributed by atoms with Crippen LogP contribution in [0, 0.1) is 17.0 Å². The minimum atomic E-state index is -0.607. The lowest BCUT2D eigenvalue weighted by atomic mass is 10.1. The van der Waals surface area contributed by atoms with Gasteiger partial charge in [0, 0.05) is 17.7 Å². The lowest BCUT2D eigenvalue weighted by Gasteiger charge is -2.10. The summed E-state index contributed by atoms with van der Waals surface area (Å²) in [5.74, 6) is -0.615. The lowest BCUT2D eigenvalue weighted by Crippen LogP contribution is -2.17. The summed E-state index contributed by atoms with van der Waals surface area (Å²) in [4.78, 5) is 34.8. The van der Waals surface area contributed by atoms with E-state index >= 15 is 0 Å². The van der Waals surface area contributed by atoms with E-state index in [2.05, 4.69) is 10.5 Å². The molecule has 162 valence electrons. The molecule has 0 saturated carbocycles. The van der Waals surface area contributed by atoms with Crippen LogP contribution in [0.3, 0.4) is 0 Å². The smallest absolute Gasteiger partial charge is 0.343 e. The molecule has 0 aromatic heterocycles. The average Bonchev–Trinajstić information content (AvgIpc) is 2.79. The fourth-order valence-electron chi connectivity index (χ4n) is 2.69. The molecule has 0 saturated heterocycles. The zero-order valence-corrected chi connectivity index (χ0v) is 17.3. The van der Waals surface area contributed by atoms with Gasteiger partial charge in [0.05, 0.1) is 23.8 Å². The highest BCUT2D eigenvalue weighted by Gasteiger charge is 2.13. The predicted octanol–water partition coefficient (Wildman–Crippen LogP) is 3.89. The lowest BCUT2D eigenvalue weighted by molar-refractivity contribution is -0.384. The first-order valence-corrected chi connectivity index (χ1v) is 9.42. The maximum atomic E-state index is 12.4. The Morgan fingerprint density at radius 1 is 1.00 bits per heavy atom. The molecule has 0 fully saturated rings. The monoisotopic (exact) mass is 433 g/mol. The van der Waals surface area contributed by atoms with Crippen molar-refractivity contribution in [2.45, 2.75) is 6.92 Å². The van der Waals surface area contributed by atoms with Crippen molar-refractivity contribution in [2.24, 2.45) is 5.10 Å². The molecule has 0 bridgehead atoms. The van der Waals surface area contributed by atoms with Gasteiger partial charge in [-0.1, -0.05) is 23.8 Å². The zero-order valence-electron chi connectivity index (χ0n) is 17.3. The van der Waals surface area contributed by atoms with E-state index in [0.717, 1.165) is 11.6 Å².